The molecule has 0 saturated heterocycles. The molecule has 0 bridgehead atoms. The molecule has 0 radical (unpaired) electrons. The lowest BCUT2D eigenvalue weighted by Gasteiger charge is -2.12. The number of nitrogens with zero attached hydrogens (tertiary/aromatic N) is 1. The third-order valence-electron chi connectivity index (χ3n) is 2.47. The molecular formula is C12H15NO3S. The second-order valence-electron chi connectivity index (χ2n) is 4.14. The number of hydrogen-bond donors (Lipinski definition) is 0. The van der Waals surface area contributed by atoms with E-state index in [4.69, 9.17) is 4.18 Å². The van der Waals surface area contributed by atoms with E-state index in [-0.39, 0.29) is 6.10 Å². The Morgan fingerprint density at radius 1 is 1.29 bits per heavy atom. The fourth-order valence-corrected chi connectivity index (χ4v) is 2.56. The zero-order valence-electron chi connectivity index (χ0n) is 9.83. The molecule has 17 heavy (non-hydrogen) atoms. The SMILES string of the molecule is CC(Cn1ccc2ccccc21)OS(C)(=O)=O. The minimum Gasteiger partial charge on any atom is -0.345 e. The summed E-state index contributed by atoms with van der Waals surface area (Å²) in [4.78, 5) is 0. The second-order valence-corrected chi connectivity index (χ2v) is 5.74. The zero-order valence-corrected chi connectivity index (χ0v) is 10.6. The third-order valence-corrected chi connectivity index (χ3v) is 3.15. The molecule has 0 spiro atoms. The Bertz CT molecular complexity index is 615. The summed E-state index contributed by atoms with van der Waals surface area (Å²) in [5, 5.41) is 1.14. The number of para-hydroxylation sites is 1. The van der Waals surface area contributed by atoms with Gasteiger partial charge in [-0.15, -0.1) is 0 Å². The van der Waals surface area contributed by atoms with E-state index in [1.807, 2.05) is 41.1 Å². The molecule has 1 unspecified atom stereocenters. The van der Waals surface area contributed by atoms with Gasteiger partial charge in [-0.1, -0.05) is 18.2 Å². The molecule has 0 fully saturated rings. The molecular weight excluding hydrogens is 238 g/mol. The quantitative estimate of drug-likeness (QED) is 0.783. The molecule has 2 rings (SSSR count). The fraction of sp³-hybridized carbons (Fsp3) is 0.333. The van der Waals surface area contributed by atoms with Crippen molar-refractivity contribution in [2.75, 3.05) is 6.26 Å². The molecule has 0 N–H and O–H groups in total. The van der Waals surface area contributed by atoms with E-state index in [9.17, 15) is 8.42 Å². The molecule has 1 aromatic heterocycles. The number of fused-ring (bicyclic) bond motifs is 1. The molecule has 5 heteroatoms. The number of benzene rings is 1. The van der Waals surface area contributed by atoms with Gasteiger partial charge in [0.25, 0.3) is 10.1 Å². The maximum atomic E-state index is 11.0. The Balaban J connectivity index is 2.19. The lowest BCUT2D eigenvalue weighted by molar-refractivity contribution is 0.211. The number of hydrogen-bond acceptors (Lipinski definition) is 3. The van der Waals surface area contributed by atoms with Gasteiger partial charge < -0.3 is 4.57 Å². The maximum absolute atomic E-state index is 11.0. The first-order valence-electron chi connectivity index (χ1n) is 5.38. The minimum absolute atomic E-state index is 0.374. The van der Waals surface area contributed by atoms with Crippen LogP contribution < -0.4 is 0 Å². The van der Waals surface area contributed by atoms with Gasteiger partial charge in [0, 0.05) is 11.7 Å². The van der Waals surface area contributed by atoms with Crippen LogP contribution in [0.25, 0.3) is 10.9 Å². The topological polar surface area (TPSA) is 48.3 Å². The monoisotopic (exact) mass is 253 g/mol. The molecule has 0 aliphatic carbocycles. The summed E-state index contributed by atoms with van der Waals surface area (Å²) in [7, 11) is -3.39. The van der Waals surface area contributed by atoms with E-state index in [1.165, 1.54) is 0 Å². The largest absolute Gasteiger partial charge is 0.345 e. The van der Waals surface area contributed by atoms with Gasteiger partial charge >= 0.3 is 0 Å². The Labute approximate surface area is 101 Å². The van der Waals surface area contributed by atoms with Crippen molar-refractivity contribution in [2.45, 2.75) is 19.6 Å². The normalized spacial score (nSPS) is 14.0. The molecule has 1 atom stereocenters. The number of rotatable bonds is 4. The molecule has 0 saturated carbocycles. The van der Waals surface area contributed by atoms with Crippen LogP contribution >= 0.6 is 0 Å². The standard InChI is InChI=1S/C12H15NO3S/c1-10(16-17(2,14)15)9-13-8-7-11-5-3-4-6-12(11)13/h3-8,10H,9H2,1-2H3. The van der Waals surface area contributed by atoms with Crippen molar-refractivity contribution >= 4 is 21.0 Å². The first-order chi connectivity index (χ1) is 7.96. The van der Waals surface area contributed by atoms with E-state index in [0.717, 1.165) is 17.2 Å². The van der Waals surface area contributed by atoms with Crippen molar-refractivity contribution in [2.24, 2.45) is 0 Å². The molecule has 4 nitrogen and oxygen atoms in total. The van der Waals surface area contributed by atoms with Crippen LogP contribution in [0.3, 0.4) is 0 Å². The van der Waals surface area contributed by atoms with Crippen LogP contribution in [0.15, 0.2) is 36.5 Å². The fourth-order valence-electron chi connectivity index (χ4n) is 1.91. The lowest BCUT2D eigenvalue weighted by Crippen LogP contribution is -2.19. The van der Waals surface area contributed by atoms with Crippen molar-refractivity contribution < 1.29 is 12.6 Å². The molecule has 1 heterocycles. The van der Waals surface area contributed by atoms with E-state index in [2.05, 4.69) is 0 Å². The molecule has 2 aromatic rings. The summed E-state index contributed by atoms with van der Waals surface area (Å²) < 4.78 is 28.9. The maximum Gasteiger partial charge on any atom is 0.264 e. The van der Waals surface area contributed by atoms with Gasteiger partial charge in [0.15, 0.2) is 0 Å². The van der Waals surface area contributed by atoms with Crippen LogP contribution in [0, 0.1) is 0 Å². The third kappa shape index (κ3) is 3.08. The second kappa shape index (κ2) is 4.50. The Morgan fingerprint density at radius 3 is 2.71 bits per heavy atom. The highest BCUT2D eigenvalue weighted by molar-refractivity contribution is 7.86. The van der Waals surface area contributed by atoms with Crippen molar-refractivity contribution in [3.8, 4) is 0 Å². The van der Waals surface area contributed by atoms with Crippen molar-refractivity contribution in [3.05, 3.63) is 36.5 Å². The van der Waals surface area contributed by atoms with E-state index >= 15 is 0 Å². The predicted molar refractivity (Wildman–Crippen MR) is 67.3 cm³/mol. The highest BCUT2D eigenvalue weighted by atomic mass is 32.2. The highest BCUT2D eigenvalue weighted by Gasteiger charge is 2.11. The summed E-state index contributed by atoms with van der Waals surface area (Å²) in [6.45, 7) is 2.26. The van der Waals surface area contributed by atoms with Crippen molar-refractivity contribution in [3.63, 3.8) is 0 Å². The number of aromatic nitrogens is 1. The summed E-state index contributed by atoms with van der Waals surface area (Å²) >= 11 is 0. The minimum atomic E-state index is -3.39. The molecule has 0 amide bonds. The average molecular weight is 253 g/mol. The summed E-state index contributed by atoms with van der Waals surface area (Å²) in [5.74, 6) is 0. The van der Waals surface area contributed by atoms with Gasteiger partial charge in [0.05, 0.1) is 18.9 Å². The van der Waals surface area contributed by atoms with Gasteiger partial charge in [0.1, 0.15) is 0 Å². The van der Waals surface area contributed by atoms with Gasteiger partial charge in [-0.05, 0) is 24.4 Å². The first-order valence-corrected chi connectivity index (χ1v) is 7.19. The molecule has 0 aliphatic rings. The average Bonchev–Trinajstić information content (AvgIpc) is 2.59. The highest BCUT2D eigenvalue weighted by Crippen LogP contribution is 2.16. The molecule has 1 aromatic carbocycles. The molecule has 0 aliphatic heterocycles. The predicted octanol–water partition coefficient (Wildman–Crippen LogP) is 2.01. The van der Waals surface area contributed by atoms with Gasteiger partial charge in [-0.25, -0.2) is 0 Å². The summed E-state index contributed by atoms with van der Waals surface area (Å²) in [6.07, 6.45) is 2.63. The van der Waals surface area contributed by atoms with E-state index in [1.54, 1.807) is 6.92 Å². The van der Waals surface area contributed by atoms with Crippen LogP contribution in [0.2, 0.25) is 0 Å². The first kappa shape index (κ1) is 12.1. The Hall–Kier alpha value is -1.33. The van der Waals surface area contributed by atoms with E-state index in [0.29, 0.717) is 6.54 Å². The van der Waals surface area contributed by atoms with Crippen LogP contribution in [-0.2, 0) is 20.8 Å². The Kier molecular flexibility index (Phi) is 3.22. The van der Waals surface area contributed by atoms with Crippen LogP contribution in [0.4, 0.5) is 0 Å². The van der Waals surface area contributed by atoms with Crippen molar-refractivity contribution in [1.29, 1.82) is 0 Å². The van der Waals surface area contributed by atoms with Crippen molar-refractivity contribution in [1.82, 2.24) is 4.57 Å². The van der Waals surface area contributed by atoms with Gasteiger partial charge in [-0.2, -0.15) is 8.42 Å². The smallest absolute Gasteiger partial charge is 0.264 e. The van der Waals surface area contributed by atoms with Crippen LogP contribution in [0.1, 0.15) is 6.92 Å². The van der Waals surface area contributed by atoms with Gasteiger partial charge in [0.2, 0.25) is 0 Å². The Morgan fingerprint density at radius 2 is 2.00 bits per heavy atom. The molecule has 92 valence electrons. The van der Waals surface area contributed by atoms with Gasteiger partial charge in [-0.3, -0.25) is 4.18 Å². The zero-order chi connectivity index (χ0) is 12.5. The van der Waals surface area contributed by atoms with Crippen LogP contribution in [-0.4, -0.2) is 25.3 Å². The van der Waals surface area contributed by atoms with Crippen LogP contribution in [0.5, 0.6) is 0 Å². The summed E-state index contributed by atoms with van der Waals surface area (Å²) in [6, 6.07) is 9.96. The van der Waals surface area contributed by atoms with E-state index < -0.39 is 10.1 Å². The lowest BCUT2D eigenvalue weighted by atomic mass is 10.2. The summed E-state index contributed by atoms with van der Waals surface area (Å²) in [5.41, 5.74) is 1.08.